The minimum absolute atomic E-state index is 0.187. The van der Waals surface area contributed by atoms with Crippen molar-refractivity contribution in [3.8, 4) is 0 Å². The number of ether oxygens (including phenoxy) is 1. The largest absolute Gasteiger partial charge is 0.444 e. The lowest BCUT2D eigenvalue weighted by Crippen LogP contribution is -2.38. The number of aliphatic hydroxyl groups excluding tert-OH is 2. The van der Waals surface area contributed by atoms with E-state index in [1.807, 2.05) is 0 Å². The molecule has 0 saturated heterocycles. The van der Waals surface area contributed by atoms with E-state index >= 15 is 0 Å². The number of carbonyl (C=O) groups excluding carboxylic acids is 2. The lowest BCUT2D eigenvalue weighted by molar-refractivity contribution is 0.0126. The van der Waals surface area contributed by atoms with E-state index < -0.39 is 23.9 Å². The van der Waals surface area contributed by atoms with E-state index in [0.717, 1.165) is 0 Å². The summed E-state index contributed by atoms with van der Waals surface area (Å²) in [5.41, 5.74) is 0.0848. The number of nitrogens with one attached hydrogen (secondary N) is 1. The van der Waals surface area contributed by atoms with Crippen LogP contribution in [0.4, 0.5) is 4.79 Å². The second-order valence-electron chi connectivity index (χ2n) is 5.76. The zero-order valence-corrected chi connectivity index (χ0v) is 14.3. The van der Waals surface area contributed by atoms with Crippen molar-refractivity contribution < 1.29 is 24.5 Å². The van der Waals surface area contributed by atoms with Crippen LogP contribution in [-0.2, 0) is 4.74 Å². The number of alkyl carbamates (subject to hydrolysis) is 1. The topological polar surface area (TPSA) is 95.9 Å². The minimum atomic E-state index is -1.26. The van der Waals surface area contributed by atoms with Crippen LogP contribution in [0.25, 0.3) is 0 Å². The van der Waals surface area contributed by atoms with Crippen molar-refractivity contribution in [2.45, 2.75) is 38.6 Å². The molecule has 1 amide bonds. The van der Waals surface area contributed by atoms with Crippen LogP contribution in [0.5, 0.6) is 0 Å². The Morgan fingerprint density at radius 3 is 2.59 bits per heavy atom. The smallest absolute Gasteiger partial charge is 0.407 e. The molecule has 2 unspecified atom stereocenters. The van der Waals surface area contributed by atoms with Gasteiger partial charge in [-0.1, -0.05) is 18.2 Å². The van der Waals surface area contributed by atoms with E-state index in [-0.39, 0.29) is 6.54 Å². The summed E-state index contributed by atoms with van der Waals surface area (Å²) < 4.78 is 5.45. The van der Waals surface area contributed by atoms with Crippen LogP contribution in [0.1, 0.15) is 42.8 Å². The van der Waals surface area contributed by atoms with Crippen molar-refractivity contribution in [2.75, 3.05) is 6.54 Å². The molecule has 1 aromatic rings. The third-order valence-corrected chi connectivity index (χ3v) is 3.64. The molecule has 7 heteroatoms. The molecule has 0 bridgehead atoms. The predicted octanol–water partition coefficient (Wildman–Crippen LogP) is 2.18. The molecule has 0 aliphatic carbocycles. The lowest BCUT2D eigenvalue weighted by atomic mass is 10.0. The highest BCUT2D eigenvalue weighted by molar-refractivity contribution is 9.10. The predicted molar refractivity (Wildman–Crippen MR) is 84.7 cm³/mol. The van der Waals surface area contributed by atoms with Crippen LogP contribution >= 0.6 is 15.9 Å². The van der Waals surface area contributed by atoms with E-state index in [2.05, 4.69) is 21.2 Å². The Hall–Kier alpha value is -1.44. The second kappa shape index (κ2) is 7.71. The first kappa shape index (κ1) is 18.6. The maximum Gasteiger partial charge on any atom is 0.407 e. The summed E-state index contributed by atoms with van der Waals surface area (Å²) in [5, 5.41) is 22.5. The number of carbonyl (C=O) groups is 2. The summed E-state index contributed by atoms with van der Waals surface area (Å²) in [6, 6.07) is 4.76. The maximum absolute atomic E-state index is 11.5. The van der Waals surface area contributed by atoms with E-state index in [0.29, 0.717) is 21.9 Å². The molecular weight excluding hydrogens is 354 g/mol. The number of aldehydes is 1. The Morgan fingerprint density at radius 2 is 2.05 bits per heavy atom. The van der Waals surface area contributed by atoms with Crippen molar-refractivity contribution in [3.05, 3.63) is 33.8 Å². The van der Waals surface area contributed by atoms with Crippen molar-refractivity contribution in [1.82, 2.24) is 5.32 Å². The molecule has 0 spiro atoms. The Bertz CT molecular complexity index is 541. The highest BCUT2D eigenvalue weighted by Gasteiger charge is 2.23. The normalized spacial score (nSPS) is 14.1. The van der Waals surface area contributed by atoms with Gasteiger partial charge in [-0.05, 0) is 42.3 Å². The number of hydrogen-bond donors (Lipinski definition) is 3. The number of amides is 1. The third-order valence-electron chi connectivity index (χ3n) is 2.72. The van der Waals surface area contributed by atoms with Gasteiger partial charge in [0.05, 0.1) is 0 Å². The molecule has 0 aromatic heterocycles. The van der Waals surface area contributed by atoms with Crippen LogP contribution in [-0.4, -0.2) is 40.8 Å². The minimum Gasteiger partial charge on any atom is -0.444 e. The van der Waals surface area contributed by atoms with Crippen LogP contribution in [0.2, 0.25) is 0 Å². The third kappa shape index (κ3) is 5.40. The van der Waals surface area contributed by atoms with Gasteiger partial charge in [-0.25, -0.2) is 4.79 Å². The van der Waals surface area contributed by atoms with Gasteiger partial charge < -0.3 is 20.3 Å². The van der Waals surface area contributed by atoms with E-state index in [9.17, 15) is 19.8 Å². The Kier molecular flexibility index (Phi) is 6.52. The zero-order chi connectivity index (χ0) is 16.9. The van der Waals surface area contributed by atoms with Crippen LogP contribution < -0.4 is 5.32 Å². The van der Waals surface area contributed by atoms with E-state index in [1.165, 1.54) is 0 Å². The fourth-order valence-corrected chi connectivity index (χ4v) is 2.30. The molecule has 122 valence electrons. The number of hydrogen-bond acceptors (Lipinski definition) is 5. The quantitative estimate of drug-likeness (QED) is 0.687. The van der Waals surface area contributed by atoms with Gasteiger partial charge in [0.1, 0.15) is 17.8 Å². The highest BCUT2D eigenvalue weighted by atomic mass is 79.9. The molecule has 0 aliphatic heterocycles. The van der Waals surface area contributed by atoms with Gasteiger partial charge in [0.2, 0.25) is 0 Å². The number of rotatable bonds is 5. The van der Waals surface area contributed by atoms with Gasteiger partial charge in [0, 0.05) is 16.6 Å². The Morgan fingerprint density at radius 1 is 1.41 bits per heavy atom. The number of aliphatic hydroxyl groups is 2. The monoisotopic (exact) mass is 373 g/mol. The molecule has 22 heavy (non-hydrogen) atoms. The van der Waals surface area contributed by atoms with Crippen LogP contribution in [0, 0.1) is 0 Å². The number of halogens is 1. The molecule has 0 heterocycles. The SMILES string of the molecule is CC(C)(C)OC(=O)NCC(O)C(O)c1cccc(C=O)c1Br. The standard InChI is InChI=1S/C15H20BrNO5/c1-15(2,3)22-14(21)17-7-11(19)13(20)10-6-4-5-9(8-18)12(10)16/h4-6,8,11,13,19-20H,7H2,1-3H3,(H,17,21). The van der Waals surface area contributed by atoms with Gasteiger partial charge >= 0.3 is 6.09 Å². The molecule has 6 nitrogen and oxygen atoms in total. The molecule has 2 atom stereocenters. The Labute approximate surface area is 137 Å². The molecule has 0 aliphatic rings. The van der Waals surface area contributed by atoms with Crippen molar-refractivity contribution >= 4 is 28.3 Å². The molecule has 0 fully saturated rings. The molecular formula is C15H20BrNO5. The average molecular weight is 374 g/mol. The second-order valence-corrected chi connectivity index (χ2v) is 6.56. The van der Waals surface area contributed by atoms with Gasteiger partial charge in [0.25, 0.3) is 0 Å². The van der Waals surface area contributed by atoms with E-state index in [1.54, 1.807) is 39.0 Å². The van der Waals surface area contributed by atoms with Gasteiger partial charge in [-0.15, -0.1) is 0 Å². The molecule has 1 aromatic carbocycles. The van der Waals surface area contributed by atoms with Gasteiger partial charge in [-0.3, -0.25) is 4.79 Å². The average Bonchev–Trinajstić information content (AvgIpc) is 2.42. The summed E-state index contributed by atoms with van der Waals surface area (Å²) in [7, 11) is 0. The highest BCUT2D eigenvalue weighted by Crippen LogP contribution is 2.28. The van der Waals surface area contributed by atoms with Gasteiger partial charge in [0.15, 0.2) is 6.29 Å². The first-order valence-corrected chi connectivity index (χ1v) is 7.51. The number of benzene rings is 1. The summed E-state index contributed by atoms with van der Waals surface area (Å²) in [5.74, 6) is 0. The summed E-state index contributed by atoms with van der Waals surface area (Å²) >= 11 is 3.22. The van der Waals surface area contributed by atoms with Crippen LogP contribution in [0.15, 0.2) is 22.7 Å². The molecule has 1 rings (SSSR count). The first-order valence-electron chi connectivity index (χ1n) is 6.72. The van der Waals surface area contributed by atoms with Crippen LogP contribution in [0.3, 0.4) is 0 Å². The molecule has 0 saturated carbocycles. The van der Waals surface area contributed by atoms with Gasteiger partial charge in [-0.2, -0.15) is 0 Å². The summed E-state index contributed by atoms with van der Waals surface area (Å²) in [6.45, 7) is 4.98. The fourth-order valence-electron chi connectivity index (χ4n) is 1.71. The first-order chi connectivity index (χ1) is 10.2. The van der Waals surface area contributed by atoms with Crippen molar-refractivity contribution in [1.29, 1.82) is 0 Å². The fraction of sp³-hybridized carbons (Fsp3) is 0.467. The summed E-state index contributed by atoms with van der Waals surface area (Å²) in [6.07, 6.45) is -2.54. The summed E-state index contributed by atoms with van der Waals surface area (Å²) in [4.78, 5) is 22.4. The lowest BCUT2D eigenvalue weighted by Gasteiger charge is -2.23. The maximum atomic E-state index is 11.5. The van der Waals surface area contributed by atoms with E-state index in [4.69, 9.17) is 4.74 Å². The zero-order valence-electron chi connectivity index (χ0n) is 12.7. The molecule has 0 radical (unpaired) electrons. The molecule has 3 N–H and O–H groups in total. The van der Waals surface area contributed by atoms with Crippen molar-refractivity contribution in [2.24, 2.45) is 0 Å². The van der Waals surface area contributed by atoms with Crippen molar-refractivity contribution in [3.63, 3.8) is 0 Å². The Balaban J connectivity index is 2.68.